The van der Waals surface area contributed by atoms with E-state index in [9.17, 15) is 14.7 Å². The van der Waals surface area contributed by atoms with Crippen LogP contribution in [0.4, 0.5) is 0 Å². The molecule has 2 rings (SSSR count). The maximum absolute atomic E-state index is 12.1. The summed E-state index contributed by atoms with van der Waals surface area (Å²) in [6.45, 7) is 1.81. The van der Waals surface area contributed by atoms with Crippen LogP contribution in [0, 0.1) is 6.92 Å². The van der Waals surface area contributed by atoms with E-state index in [1.54, 1.807) is 12.1 Å². The number of aryl methyl sites for hydroxylation is 1. The molecule has 2 aromatic carbocycles. The number of carbonyl (C=O) groups excluding carboxylic acids is 2. The maximum atomic E-state index is 12.1. The van der Waals surface area contributed by atoms with Crippen molar-refractivity contribution in [3.05, 3.63) is 64.2 Å². The molecule has 4 heteroatoms. The number of hydrogen-bond donors (Lipinski definition) is 1. The van der Waals surface area contributed by atoms with Crippen LogP contribution < -0.4 is 0 Å². The molecule has 0 bridgehead atoms. The summed E-state index contributed by atoms with van der Waals surface area (Å²) in [6, 6.07) is 11.3. The van der Waals surface area contributed by atoms with Crippen LogP contribution >= 0.6 is 11.6 Å². The zero-order valence-electron chi connectivity index (χ0n) is 10.9. The molecule has 0 aliphatic heterocycles. The minimum atomic E-state index is -0.446. The molecule has 0 unspecified atom stereocenters. The quantitative estimate of drug-likeness (QED) is 0.687. The van der Waals surface area contributed by atoms with Gasteiger partial charge in [0.25, 0.3) is 0 Å². The van der Waals surface area contributed by atoms with E-state index in [2.05, 4.69) is 0 Å². The van der Waals surface area contributed by atoms with Gasteiger partial charge in [-0.05, 0) is 30.7 Å². The van der Waals surface area contributed by atoms with Gasteiger partial charge in [0.1, 0.15) is 5.75 Å². The zero-order valence-corrected chi connectivity index (χ0v) is 11.6. The number of halogens is 1. The Labute approximate surface area is 121 Å². The number of aromatic hydroxyl groups is 1. The lowest BCUT2D eigenvalue weighted by atomic mass is 9.98. The van der Waals surface area contributed by atoms with Gasteiger partial charge in [-0.25, -0.2) is 0 Å². The van der Waals surface area contributed by atoms with Gasteiger partial charge in [-0.2, -0.15) is 0 Å². The van der Waals surface area contributed by atoms with Crippen molar-refractivity contribution in [1.29, 1.82) is 0 Å². The first kappa shape index (κ1) is 14.3. The van der Waals surface area contributed by atoms with E-state index in [0.29, 0.717) is 10.6 Å². The van der Waals surface area contributed by atoms with Crippen molar-refractivity contribution in [3.8, 4) is 5.75 Å². The Balaban J connectivity index is 2.22. The molecule has 20 heavy (non-hydrogen) atoms. The van der Waals surface area contributed by atoms with E-state index in [-0.39, 0.29) is 23.5 Å². The smallest absolute Gasteiger partial charge is 0.174 e. The van der Waals surface area contributed by atoms with Crippen LogP contribution in [0.5, 0.6) is 5.75 Å². The fraction of sp³-hybridized carbons (Fsp3) is 0.125. The number of phenolic OH excluding ortho intramolecular Hbond substituents is 1. The third-order valence-corrected chi connectivity index (χ3v) is 3.26. The minimum Gasteiger partial charge on any atom is -0.507 e. The average Bonchev–Trinajstić information content (AvgIpc) is 2.41. The molecule has 2 aromatic rings. The van der Waals surface area contributed by atoms with Gasteiger partial charge in [0.05, 0.1) is 12.0 Å². The zero-order chi connectivity index (χ0) is 14.7. The van der Waals surface area contributed by atoms with Crippen molar-refractivity contribution in [2.75, 3.05) is 0 Å². The predicted molar refractivity (Wildman–Crippen MR) is 77.6 cm³/mol. The molecule has 102 valence electrons. The monoisotopic (exact) mass is 288 g/mol. The summed E-state index contributed by atoms with van der Waals surface area (Å²) in [5.74, 6) is -0.886. The molecule has 0 saturated heterocycles. The number of phenols is 1. The van der Waals surface area contributed by atoms with Crippen molar-refractivity contribution in [2.24, 2.45) is 0 Å². The molecule has 0 aromatic heterocycles. The lowest BCUT2D eigenvalue weighted by Gasteiger charge is -2.06. The van der Waals surface area contributed by atoms with Gasteiger partial charge in [-0.3, -0.25) is 9.59 Å². The lowest BCUT2D eigenvalue weighted by Crippen LogP contribution is -2.10. The van der Waals surface area contributed by atoms with Gasteiger partial charge in [-0.1, -0.05) is 35.9 Å². The van der Waals surface area contributed by atoms with Crippen LogP contribution in [0.1, 0.15) is 32.7 Å². The summed E-state index contributed by atoms with van der Waals surface area (Å²) in [6.07, 6.45) is -0.293. The largest absolute Gasteiger partial charge is 0.507 e. The summed E-state index contributed by atoms with van der Waals surface area (Å²) in [5, 5.41) is 9.99. The fourth-order valence-electron chi connectivity index (χ4n) is 1.95. The van der Waals surface area contributed by atoms with Gasteiger partial charge < -0.3 is 5.11 Å². The molecule has 3 nitrogen and oxygen atoms in total. The highest BCUT2D eigenvalue weighted by molar-refractivity contribution is 6.31. The van der Waals surface area contributed by atoms with Gasteiger partial charge in [0.2, 0.25) is 0 Å². The highest BCUT2D eigenvalue weighted by atomic mass is 35.5. The minimum absolute atomic E-state index is 0.0689. The molecule has 0 heterocycles. The Kier molecular flexibility index (Phi) is 4.20. The lowest BCUT2D eigenvalue weighted by molar-refractivity contribution is 0.0893. The van der Waals surface area contributed by atoms with Crippen molar-refractivity contribution in [2.45, 2.75) is 13.3 Å². The normalized spacial score (nSPS) is 10.3. The predicted octanol–water partition coefficient (Wildman–Crippen LogP) is 3.81. The molecule has 0 atom stereocenters. The maximum Gasteiger partial charge on any atom is 0.174 e. The van der Waals surface area contributed by atoms with Crippen LogP contribution in [-0.2, 0) is 0 Å². The van der Waals surface area contributed by atoms with Crippen molar-refractivity contribution < 1.29 is 14.7 Å². The molecule has 0 saturated carbocycles. The number of ketones is 2. The SMILES string of the molecule is Cc1ccccc1C(=O)CC(=O)c1cc(Cl)ccc1O. The third kappa shape index (κ3) is 3.06. The van der Waals surface area contributed by atoms with E-state index in [0.717, 1.165) is 5.56 Å². The highest BCUT2D eigenvalue weighted by Gasteiger charge is 2.18. The van der Waals surface area contributed by atoms with E-state index in [1.807, 2.05) is 19.1 Å². The van der Waals surface area contributed by atoms with Crippen LogP contribution in [0.3, 0.4) is 0 Å². The fourth-order valence-corrected chi connectivity index (χ4v) is 2.13. The second-order valence-electron chi connectivity index (χ2n) is 4.50. The average molecular weight is 289 g/mol. The Morgan fingerprint density at radius 3 is 2.40 bits per heavy atom. The number of rotatable bonds is 4. The summed E-state index contributed by atoms with van der Waals surface area (Å²) in [5.41, 5.74) is 1.41. The molecule has 0 radical (unpaired) electrons. The highest BCUT2D eigenvalue weighted by Crippen LogP contribution is 2.23. The molecule has 0 spiro atoms. The van der Waals surface area contributed by atoms with Gasteiger partial charge >= 0.3 is 0 Å². The summed E-state index contributed by atoms with van der Waals surface area (Å²) < 4.78 is 0. The first-order valence-corrected chi connectivity index (χ1v) is 6.47. The Hall–Kier alpha value is -2.13. The van der Waals surface area contributed by atoms with E-state index >= 15 is 0 Å². The van der Waals surface area contributed by atoms with Crippen molar-refractivity contribution >= 4 is 23.2 Å². The van der Waals surface area contributed by atoms with Crippen molar-refractivity contribution in [3.63, 3.8) is 0 Å². The molecule has 0 aliphatic rings. The molecule has 0 fully saturated rings. The Bertz CT molecular complexity index is 677. The molecule has 0 aliphatic carbocycles. The van der Waals surface area contributed by atoms with E-state index < -0.39 is 5.78 Å². The molecule has 1 N–H and O–H groups in total. The molecular formula is C16H13ClO3. The summed E-state index contributed by atoms with van der Waals surface area (Å²) in [4.78, 5) is 24.2. The third-order valence-electron chi connectivity index (χ3n) is 3.03. The van der Waals surface area contributed by atoms with Crippen LogP contribution in [-0.4, -0.2) is 16.7 Å². The molecule has 0 amide bonds. The number of Topliss-reactive ketones (excluding diaryl/α,β-unsaturated/α-hetero) is 2. The molecular weight excluding hydrogens is 276 g/mol. The summed E-state index contributed by atoms with van der Waals surface area (Å²) >= 11 is 5.79. The number of carbonyl (C=O) groups is 2. The number of hydrogen-bond acceptors (Lipinski definition) is 3. The van der Waals surface area contributed by atoms with Gasteiger partial charge in [-0.15, -0.1) is 0 Å². The topological polar surface area (TPSA) is 54.4 Å². The first-order valence-electron chi connectivity index (χ1n) is 6.09. The van der Waals surface area contributed by atoms with Crippen LogP contribution in [0.15, 0.2) is 42.5 Å². The van der Waals surface area contributed by atoms with E-state index in [1.165, 1.54) is 18.2 Å². The van der Waals surface area contributed by atoms with Crippen LogP contribution in [0.25, 0.3) is 0 Å². The van der Waals surface area contributed by atoms with Crippen molar-refractivity contribution in [1.82, 2.24) is 0 Å². The van der Waals surface area contributed by atoms with Crippen LogP contribution in [0.2, 0.25) is 5.02 Å². The van der Waals surface area contributed by atoms with E-state index in [4.69, 9.17) is 11.6 Å². The Morgan fingerprint density at radius 1 is 1.05 bits per heavy atom. The van der Waals surface area contributed by atoms with Gasteiger partial charge in [0, 0.05) is 10.6 Å². The summed E-state index contributed by atoms with van der Waals surface area (Å²) in [7, 11) is 0. The standard InChI is InChI=1S/C16H13ClO3/c1-10-4-2-3-5-12(10)15(19)9-16(20)13-8-11(17)6-7-14(13)18/h2-8,18H,9H2,1H3. The Morgan fingerprint density at radius 2 is 1.70 bits per heavy atom. The first-order chi connectivity index (χ1) is 9.49. The second kappa shape index (κ2) is 5.88. The second-order valence-corrected chi connectivity index (χ2v) is 4.94. The number of benzene rings is 2. The van der Waals surface area contributed by atoms with Gasteiger partial charge in [0.15, 0.2) is 11.6 Å².